The fourth-order valence-electron chi connectivity index (χ4n) is 3.15. The van der Waals surface area contributed by atoms with E-state index in [9.17, 15) is 13.2 Å². The minimum Gasteiger partial charge on any atom is -0.496 e. The normalized spacial score (nSPS) is 14.7. The van der Waals surface area contributed by atoms with Crippen LogP contribution in [0.4, 0.5) is 11.4 Å². The van der Waals surface area contributed by atoms with Crippen LogP contribution in [0, 0.1) is 0 Å². The number of piperidine rings is 1. The van der Waals surface area contributed by atoms with E-state index in [0.29, 0.717) is 5.69 Å². The van der Waals surface area contributed by atoms with E-state index >= 15 is 0 Å². The third kappa shape index (κ3) is 4.58. The highest BCUT2D eigenvalue weighted by Gasteiger charge is 2.18. The second-order valence-corrected chi connectivity index (χ2v) is 8.02. The number of nitrogens with zero attached hydrogens (tertiary/aromatic N) is 1. The number of carbonyl (C=O) groups excluding carboxylic acids is 1. The molecule has 0 aliphatic carbocycles. The van der Waals surface area contributed by atoms with E-state index < -0.39 is 15.9 Å². The van der Waals surface area contributed by atoms with Gasteiger partial charge in [-0.05, 0) is 61.7 Å². The Morgan fingerprint density at radius 1 is 1.07 bits per heavy atom. The first-order chi connectivity index (χ1) is 12.9. The van der Waals surface area contributed by atoms with Gasteiger partial charge in [-0.25, -0.2) is 13.6 Å². The van der Waals surface area contributed by atoms with E-state index in [1.807, 2.05) is 24.3 Å². The third-order valence-corrected chi connectivity index (χ3v) is 5.50. The molecule has 1 heterocycles. The molecule has 0 saturated carbocycles. The van der Waals surface area contributed by atoms with Crippen LogP contribution in [0.25, 0.3) is 0 Å². The van der Waals surface area contributed by atoms with Crippen LogP contribution in [0.1, 0.15) is 29.6 Å². The van der Waals surface area contributed by atoms with Crippen molar-refractivity contribution >= 4 is 27.3 Å². The Hall–Kier alpha value is -2.58. The molecule has 3 N–H and O–H groups in total. The van der Waals surface area contributed by atoms with E-state index in [1.165, 1.54) is 44.6 Å². The van der Waals surface area contributed by atoms with Gasteiger partial charge in [0.05, 0.1) is 17.6 Å². The van der Waals surface area contributed by atoms with Gasteiger partial charge in [0.25, 0.3) is 5.91 Å². The SMILES string of the molecule is COc1ccc(S(N)(=O)=O)cc1C(=O)Nc1ccc(N2CCCCC2)cc1. The van der Waals surface area contributed by atoms with Crippen molar-refractivity contribution in [2.24, 2.45) is 5.14 Å². The number of hydrogen-bond donors (Lipinski definition) is 2. The maximum atomic E-state index is 12.6. The molecule has 1 amide bonds. The van der Waals surface area contributed by atoms with E-state index in [2.05, 4.69) is 10.2 Å². The van der Waals surface area contributed by atoms with Gasteiger partial charge >= 0.3 is 0 Å². The molecule has 1 aliphatic heterocycles. The quantitative estimate of drug-likeness (QED) is 0.818. The molecule has 1 aliphatic rings. The van der Waals surface area contributed by atoms with Crippen molar-refractivity contribution in [3.8, 4) is 5.75 Å². The number of primary sulfonamides is 1. The zero-order valence-electron chi connectivity index (χ0n) is 15.1. The molecular weight excluding hydrogens is 366 g/mol. The van der Waals surface area contributed by atoms with E-state index in [0.717, 1.165) is 18.8 Å². The van der Waals surface area contributed by atoms with Gasteiger partial charge in [0.2, 0.25) is 10.0 Å². The number of anilines is 2. The van der Waals surface area contributed by atoms with Crippen LogP contribution in [0.5, 0.6) is 5.75 Å². The average molecular weight is 389 g/mol. The molecular formula is C19H23N3O4S. The molecule has 0 unspecified atom stereocenters. The van der Waals surface area contributed by atoms with Crippen molar-refractivity contribution in [1.82, 2.24) is 0 Å². The third-order valence-electron chi connectivity index (χ3n) is 4.59. The molecule has 144 valence electrons. The summed E-state index contributed by atoms with van der Waals surface area (Å²) in [4.78, 5) is 14.8. The number of carbonyl (C=O) groups is 1. The maximum Gasteiger partial charge on any atom is 0.259 e. The van der Waals surface area contributed by atoms with Crippen LogP contribution in [0.15, 0.2) is 47.4 Å². The highest BCUT2D eigenvalue weighted by atomic mass is 32.2. The van der Waals surface area contributed by atoms with Crippen molar-refractivity contribution in [2.75, 3.05) is 30.4 Å². The topological polar surface area (TPSA) is 102 Å². The number of nitrogens with one attached hydrogen (secondary N) is 1. The summed E-state index contributed by atoms with van der Waals surface area (Å²) >= 11 is 0. The minimum atomic E-state index is -3.92. The lowest BCUT2D eigenvalue weighted by Crippen LogP contribution is -2.29. The number of sulfonamides is 1. The van der Waals surface area contributed by atoms with Crippen LogP contribution < -0.4 is 20.1 Å². The van der Waals surface area contributed by atoms with Crippen molar-refractivity contribution in [2.45, 2.75) is 24.2 Å². The Morgan fingerprint density at radius 3 is 2.33 bits per heavy atom. The van der Waals surface area contributed by atoms with Gasteiger partial charge in [-0.15, -0.1) is 0 Å². The minimum absolute atomic E-state index is 0.101. The van der Waals surface area contributed by atoms with Crippen LogP contribution in [0.2, 0.25) is 0 Å². The highest BCUT2D eigenvalue weighted by Crippen LogP contribution is 2.25. The summed E-state index contributed by atoms with van der Waals surface area (Å²) in [6.45, 7) is 2.09. The molecule has 0 radical (unpaired) electrons. The smallest absolute Gasteiger partial charge is 0.259 e. The summed E-state index contributed by atoms with van der Waals surface area (Å²) in [5.74, 6) is -0.201. The van der Waals surface area contributed by atoms with Gasteiger partial charge in [-0.3, -0.25) is 4.79 Å². The Labute approximate surface area is 159 Å². The summed E-state index contributed by atoms with van der Waals surface area (Å²) in [5, 5.41) is 7.92. The average Bonchev–Trinajstić information content (AvgIpc) is 2.68. The number of amides is 1. The first-order valence-corrected chi connectivity index (χ1v) is 10.3. The van der Waals surface area contributed by atoms with E-state index in [1.54, 1.807) is 0 Å². The summed E-state index contributed by atoms with van der Waals surface area (Å²) in [6.07, 6.45) is 3.65. The zero-order valence-corrected chi connectivity index (χ0v) is 16.0. The molecule has 7 nitrogen and oxygen atoms in total. The summed E-state index contributed by atoms with van der Waals surface area (Å²) in [5.41, 5.74) is 1.84. The fourth-order valence-corrected chi connectivity index (χ4v) is 3.69. The van der Waals surface area contributed by atoms with Crippen molar-refractivity contribution < 1.29 is 17.9 Å². The summed E-state index contributed by atoms with van der Waals surface area (Å²) in [7, 11) is -2.50. The van der Waals surface area contributed by atoms with Gasteiger partial charge in [0.15, 0.2) is 0 Å². The zero-order chi connectivity index (χ0) is 19.4. The molecule has 0 atom stereocenters. The molecule has 27 heavy (non-hydrogen) atoms. The molecule has 2 aromatic rings. The standard InChI is InChI=1S/C19H23N3O4S/c1-26-18-10-9-16(27(20,24)25)13-17(18)19(23)21-14-5-7-15(8-6-14)22-11-3-2-4-12-22/h5-10,13H,2-4,11-12H2,1H3,(H,21,23)(H2,20,24,25). The number of ether oxygens (including phenoxy) is 1. The van der Waals surface area contributed by atoms with Crippen LogP contribution in [-0.4, -0.2) is 34.5 Å². The Morgan fingerprint density at radius 2 is 1.74 bits per heavy atom. The number of nitrogens with two attached hydrogens (primary N) is 1. The van der Waals surface area contributed by atoms with Crippen molar-refractivity contribution in [3.05, 3.63) is 48.0 Å². The lowest BCUT2D eigenvalue weighted by atomic mass is 10.1. The van der Waals surface area contributed by atoms with Crippen LogP contribution >= 0.6 is 0 Å². The predicted octanol–water partition coefficient (Wildman–Crippen LogP) is 2.59. The van der Waals surface area contributed by atoms with E-state index in [4.69, 9.17) is 9.88 Å². The van der Waals surface area contributed by atoms with Gasteiger partial charge in [-0.1, -0.05) is 0 Å². The number of benzene rings is 2. The summed E-state index contributed by atoms with van der Waals surface area (Å²) in [6, 6.07) is 11.5. The number of methoxy groups -OCH3 is 1. The van der Waals surface area contributed by atoms with Gasteiger partial charge in [0.1, 0.15) is 5.75 Å². The molecule has 1 fully saturated rings. The van der Waals surface area contributed by atoms with Crippen molar-refractivity contribution in [1.29, 1.82) is 0 Å². The highest BCUT2D eigenvalue weighted by molar-refractivity contribution is 7.89. The molecule has 0 spiro atoms. The molecule has 0 bridgehead atoms. The van der Waals surface area contributed by atoms with Crippen LogP contribution in [0.3, 0.4) is 0 Å². The molecule has 8 heteroatoms. The lowest BCUT2D eigenvalue weighted by Gasteiger charge is -2.28. The second-order valence-electron chi connectivity index (χ2n) is 6.46. The van der Waals surface area contributed by atoms with Gasteiger partial charge in [0, 0.05) is 24.5 Å². The largest absolute Gasteiger partial charge is 0.496 e. The first-order valence-electron chi connectivity index (χ1n) is 8.76. The second kappa shape index (κ2) is 7.98. The molecule has 3 rings (SSSR count). The molecule has 0 aromatic heterocycles. The number of hydrogen-bond acceptors (Lipinski definition) is 5. The monoisotopic (exact) mass is 389 g/mol. The predicted molar refractivity (Wildman–Crippen MR) is 105 cm³/mol. The maximum absolute atomic E-state index is 12.6. The first kappa shape index (κ1) is 19.2. The summed E-state index contributed by atoms with van der Waals surface area (Å²) < 4.78 is 28.3. The fraction of sp³-hybridized carbons (Fsp3) is 0.316. The molecule has 1 saturated heterocycles. The Balaban J connectivity index is 1.78. The lowest BCUT2D eigenvalue weighted by molar-refractivity contribution is 0.102. The Bertz CT molecular complexity index is 920. The van der Waals surface area contributed by atoms with E-state index in [-0.39, 0.29) is 16.2 Å². The molecule has 2 aromatic carbocycles. The van der Waals surface area contributed by atoms with Gasteiger partial charge in [-0.2, -0.15) is 0 Å². The van der Waals surface area contributed by atoms with Gasteiger partial charge < -0.3 is 15.0 Å². The van der Waals surface area contributed by atoms with Crippen molar-refractivity contribution in [3.63, 3.8) is 0 Å². The number of rotatable bonds is 5. The Kier molecular flexibility index (Phi) is 5.67. The van der Waals surface area contributed by atoms with Crippen LogP contribution in [-0.2, 0) is 10.0 Å².